The Kier molecular flexibility index (Phi) is 3.11. The van der Waals surface area contributed by atoms with Gasteiger partial charge in [-0.2, -0.15) is 0 Å². The second kappa shape index (κ2) is 4.53. The van der Waals surface area contributed by atoms with Crippen molar-refractivity contribution in [2.24, 2.45) is 17.1 Å². The molecule has 0 aliphatic heterocycles. The van der Waals surface area contributed by atoms with Crippen LogP contribution >= 0.6 is 11.6 Å². The number of hydrogen-bond donors (Lipinski definition) is 1. The smallest absolute Gasteiger partial charge is 0.134 e. The van der Waals surface area contributed by atoms with Gasteiger partial charge in [-0.25, -0.2) is 0 Å². The van der Waals surface area contributed by atoms with Gasteiger partial charge in [-0.1, -0.05) is 31.9 Å². The summed E-state index contributed by atoms with van der Waals surface area (Å²) in [6, 6.07) is 7.70. The van der Waals surface area contributed by atoms with Crippen molar-refractivity contribution in [1.29, 1.82) is 0 Å². The average molecular weight is 278 g/mol. The summed E-state index contributed by atoms with van der Waals surface area (Å²) in [7, 11) is 0. The molecule has 3 heteroatoms. The Morgan fingerprint density at radius 2 is 2.16 bits per heavy atom. The monoisotopic (exact) mass is 277 g/mol. The quantitative estimate of drug-likeness (QED) is 0.847. The maximum absolute atomic E-state index is 6.45. The molecule has 1 aliphatic rings. The molecule has 0 spiro atoms. The van der Waals surface area contributed by atoms with E-state index in [1.807, 2.05) is 24.3 Å². The highest BCUT2D eigenvalue weighted by Crippen LogP contribution is 2.48. The lowest BCUT2D eigenvalue weighted by Gasteiger charge is -2.30. The highest BCUT2D eigenvalue weighted by atomic mass is 35.5. The largest absolute Gasteiger partial charge is 0.459 e. The lowest BCUT2D eigenvalue weighted by atomic mass is 9.77. The Hall–Kier alpha value is -0.990. The highest BCUT2D eigenvalue weighted by Gasteiger charge is 2.39. The summed E-state index contributed by atoms with van der Waals surface area (Å²) in [6.07, 6.45) is 3.70. The van der Waals surface area contributed by atoms with Crippen LogP contribution < -0.4 is 5.73 Å². The second-order valence-corrected chi connectivity index (χ2v) is 6.78. The van der Waals surface area contributed by atoms with Gasteiger partial charge < -0.3 is 10.2 Å². The predicted molar refractivity (Wildman–Crippen MR) is 79.3 cm³/mol. The molecule has 102 valence electrons. The van der Waals surface area contributed by atoms with Gasteiger partial charge in [0.15, 0.2) is 0 Å². The van der Waals surface area contributed by atoms with Crippen molar-refractivity contribution < 1.29 is 4.42 Å². The first-order chi connectivity index (χ1) is 8.97. The summed E-state index contributed by atoms with van der Waals surface area (Å²) >= 11 is 6.01. The van der Waals surface area contributed by atoms with Crippen LogP contribution in [0, 0.1) is 11.3 Å². The van der Waals surface area contributed by atoms with Crippen molar-refractivity contribution in [3.05, 3.63) is 35.0 Å². The summed E-state index contributed by atoms with van der Waals surface area (Å²) in [5, 5.41) is 1.77. The highest BCUT2D eigenvalue weighted by molar-refractivity contribution is 6.31. The Balaban J connectivity index is 1.95. The van der Waals surface area contributed by atoms with Crippen molar-refractivity contribution in [3.8, 4) is 0 Å². The zero-order valence-electron chi connectivity index (χ0n) is 11.4. The van der Waals surface area contributed by atoms with E-state index in [0.29, 0.717) is 11.3 Å². The number of furan rings is 1. The van der Waals surface area contributed by atoms with Gasteiger partial charge in [0, 0.05) is 10.4 Å². The van der Waals surface area contributed by atoms with Crippen LogP contribution in [0.1, 0.15) is 44.9 Å². The molecule has 3 rings (SSSR count). The molecule has 2 nitrogen and oxygen atoms in total. The Labute approximate surface area is 118 Å². The van der Waals surface area contributed by atoms with Gasteiger partial charge in [-0.15, -0.1) is 0 Å². The van der Waals surface area contributed by atoms with E-state index in [-0.39, 0.29) is 6.04 Å². The first-order valence-corrected chi connectivity index (χ1v) is 7.30. The molecule has 2 atom stereocenters. The van der Waals surface area contributed by atoms with Crippen LogP contribution in [-0.2, 0) is 0 Å². The van der Waals surface area contributed by atoms with Crippen LogP contribution in [0.15, 0.2) is 28.7 Å². The van der Waals surface area contributed by atoms with E-state index in [1.54, 1.807) is 0 Å². The number of hydrogen-bond acceptors (Lipinski definition) is 2. The van der Waals surface area contributed by atoms with Gasteiger partial charge >= 0.3 is 0 Å². The molecule has 1 heterocycles. The van der Waals surface area contributed by atoms with Crippen molar-refractivity contribution in [2.45, 2.75) is 39.2 Å². The van der Waals surface area contributed by atoms with Gasteiger partial charge in [0.1, 0.15) is 11.3 Å². The van der Waals surface area contributed by atoms with Crippen molar-refractivity contribution >= 4 is 22.6 Å². The minimum absolute atomic E-state index is 0.0244. The number of fused-ring (bicyclic) bond motifs is 1. The molecule has 0 saturated heterocycles. The van der Waals surface area contributed by atoms with Gasteiger partial charge in [-0.3, -0.25) is 0 Å². The fourth-order valence-electron chi connectivity index (χ4n) is 3.42. The average Bonchev–Trinajstić information content (AvgIpc) is 2.90. The zero-order chi connectivity index (χ0) is 13.6. The lowest BCUT2D eigenvalue weighted by molar-refractivity contribution is 0.208. The molecule has 19 heavy (non-hydrogen) atoms. The third-order valence-corrected chi connectivity index (χ3v) is 4.83. The first kappa shape index (κ1) is 13.0. The van der Waals surface area contributed by atoms with E-state index >= 15 is 0 Å². The van der Waals surface area contributed by atoms with Gasteiger partial charge in [0.05, 0.1) is 6.04 Å². The zero-order valence-corrected chi connectivity index (χ0v) is 12.2. The van der Waals surface area contributed by atoms with Crippen LogP contribution in [-0.4, -0.2) is 0 Å². The van der Waals surface area contributed by atoms with E-state index < -0.39 is 0 Å². The molecule has 0 radical (unpaired) electrons. The van der Waals surface area contributed by atoms with Crippen LogP contribution in [0.25, 0.3) is 11.0 Å². The van der Waals surface area contributed by atoms with Crippen LogP contribution in [0.5, 0.6) is 0 Å². The topological polar surface area (TPSA) is 39.2 Å². The summed E-state index contributed by atoms with van der Waals surface area (Å²) in [5.74, 6) is 1.38. The molecule has 1 aromatic carbocycles. The molecule has 2 N–H and O–H groups in total. The van der Waals surface area contributed by atoms with Gasteiger partial charge in [0.25, 0.3) is 0 Å². The van der Waals surface area contributed by atoms with Gasteiger partial charge in [-0.05, 0) is 48.4 Å². The molecule has 1 saturated carbocycles. The minimum atomic E-state index is -0.0244. The molecule has 0 amide bonds. The third kappa shape index (κ3) is 2.28. The van der Waals surface area contributed by atoms with E-state index in [2.05, 4.69) is 13.8 Å². The number of benzene rings is 1. The minimum Gasteiger partial charge on any atom is -0.459 e. The molecule has 0 bridgehead atoms. The van der Waals surface area contributed by atoms with Crippen molar-refractivity contribution in [1.82, 2.24) is 0 Å². The van der Waals surface area contributed by atoms with Crippen LogP contribution in [0.2, 0.25) is 5.02 Å². The van der Waals surface area contributed by atoms with Crippen molar-refractivity contribution in [2.75, 3.05) is 0 Å². The summed E-state index contributed by atoms with van der Waals surface area (Å²) in [6.45, 7) is 4.62. The van der Waals surface area contributed by atoms with Crippen LogP contribution in [0.4, 0.5) is 0 Å². The van der Waals surface area contributed by atoms with Crippen LogP contribution in [0.3, 0.4) is 0 Å². The molecular weight excluding hydrogens is 258 g/mol. The predicted octanol–water partition coefficient (Wildman–Crippen LogP) is 4.91. The summed E-state index contributed by atoms with van der Waals surface area (Å²) < 4.78 is 5.91. The Morgan fingerprint density at radius 3 is 2.84 bits per heavy atom. The molecule has 1 fully saturated rings. The maximum Gasteiger partial charge on any atom is 0.134 e. The normalized spacial score (nSPS) is 23.9. The second-order valence-electron chi connectivity index (χ2n) is 6.34. The fraction of sp³-hybridized carbons (Fsp3) is 0.500. The summed E-state index contributed by atoms with van der Waals surface area (Å²) in [5.41, 5.74) is 7.62. The Morgan fingerprint density at radius 1 is 1.37 bits per heavy atom. The number of nitrogens with two attached hydrogens (primary N) is 1. The number of rotatable bonds is 2. The first-order valence-electron chi connectivity index (χ1n) is 6.92. The molecule has 2 aromatic rings. The standard InChI is InChI=1S/C16H20ClNO/c1-16(2)7-3-4-12(16)15(18)14-9-10-8-11(17)5-6-13(10)19-14/h5-6,8-9,12,15H,3-4,7,18H2,1-2H3. The van der Waals surface area contributed by atoms with E-state index in [9.17, 15) is 0 Å². The van der Waals surface area contributed by atoms with E-state index in [1.165, 1.54) is 19.3 Å². The fourth-order valence-corrected chi connectivity index (χ4v) is 3.60. The maximum atomic E-state index is 6.45. The number of halogens is 1. The molecular formula is C16H20ClNO. The molecule has 1 aliphatic carbocycles. The third-order valence-electron chi connectivity index (χ3n) is 4.60. The van der Waals surface area contributed by atoms with E-state index in [0.717, 1.165) is 21.8 Å². The van der Waals surface area contributed by atoms with Crippen molar-refractivity contribution in [3.63, 3.8) is 0 Å². The molecule has 2 unspecified atom stereocenters. The van der Waals surface area contributed by atoms with Gasteiger partial charge in [0.2, 0.25) is 0 Å². The van der Waals surface area contributed by atoms with E-state index in [4.69, 9.17) is 21.8 Å². The SMILES string of the molecule is CC1(C)CCCC1C(N)c1cc2cc(Cl)ccc2o1. The molecule has 1 aromatic heterocycles. The lowest BCUT2D eigenvalue weighted by Crippen LogP contribution is -2.29. The summed E-state index contributed by atoms with van der Waals surface area (Å²) in [4.78, 5) is 0. The Bertz CT molecular complexity index is 602.